The van der Waals surface area contributed by atoms with Gasteiger partial charge in [-0.1, -0.05) is 0 Å². The Morgan fingerprint density at radius 1 is 1.38 bits per heavy atom. The molecular formula is C18H26N6O2. The second-order valence-corrected chi connectivity index (χ2v) is 6.91. The number of ether oxygens (including phenoxy) is 1. The van der Waals surface area contributed by atoms with Crippen LogP contribution in [0, 0.1) is 5.92 Å². The first-order valence-corrected chi connectivity index (χ1v) is 9.38. The largest absolute Gasteiger partial charge is 0.469 e. The van der Waals surface area contributed by atoms with E-state index in [1.165, 1.54) is 0 Å². The summed E-state index contributed by atoms with van der Waals surface area (Å²) in [6.07, 6.45) is 7.24. The van der Waals surface area contributed by atoms with Crippen molar-refractivity contribution >= 4 is 5.96 Å². The number of aliphatic imine (C=N–C) groups is 1. The predicted octanol–water partition coefficient (Wildman–Crippen LogP) is 1.00. The zero-order chi connectivity index (χ0) is 17.6. The summed E-state index contributed by atoms with van der Waals surface area (Å²) in [6, 6.07) is 4.22. The third kappa shape index (κ3) is 4.43. The molecule has 0 spiro atoms. The zero-order valence-corrected chi connectivity index (χ0v) is 14.9. The number of nitrogens with zero attached hydrogens (tertiary/aromatic N) is 4. The molecular weight excluding hydrogens is 332 g/mol. The Kier molecular flexibility index (Phi) is 5.49. The van der Waals surface area contributed by atoms with Gasteiger partial charge in [-0.15, -0.1) is 0 Å². The highest BCUT2D eigenvalue weighted by molar-refractivity contribution is 5.80. The van der Waals surface area contributed by atoms with E-state index in [1.54, 1.807) is 12.6 Å². The molecule has 2 atom stereocenters. The number of fused-ring (bicyclic) bond motifs is 1. The smallest absolute Gasteiger partial charge is 0.191 e. The van der Waals surface area contributed by atoms with E-state index in [0.29, 0.717) is 12.0 Å². The molecule has 0 aliphatic carbocycles. The molecule has 8 heteroatoms. The molecule has 140 valence electrons. The zero-order valence-electron chi connectivity index (χ0n) is 14.9. The Bertz CT molecular complexity index is 705. The predicted molar refractivity (Wildman–Crippen MR) is 96.9 cm³/mol. The van der Waals surface area contributed by atoms with Crippen LogP contribution in [0.1, 0.15) is 24.4 Å². The Morgan fingerprint density at radius 3 is 3.23 bits per heavy atom. The molecule has 2 aliphatic heterocycles. The number of guanidine groups is 1. The van der Waals surface area contributed by atoms with Gasteiger partial charge in [0.05, 0.1) is 19.4 Å². The Hall–Kier alpha value is -2.35. The lowest BCUT2D eigenvalue weighted by molar-refractivity contribution is 0.187. The van der Waals surface area contributed by atoms with Crippen LogP contribution in [-0.4, -0.2) is 53.1 Å². The van der Waals surface area contributed by atoms with Gasteiger partial charge in [-0.3, -0.25) is 4.99 Å². The Labute approximate surface area is 153 Å². The molecule has 0 bridgehead atoms. The van der Waals surface area contributed by atoms with Gasteiger partial charge in [-0.25, -0.2) is 9.67 Å². The van der Waals surface area contributed by atoms with E-state index >= 15 is 0 Å². The minimum Gasteiger partial charge on any atom is -0.469 e. The maximum absolute atomic E-state index is 5.46. The SMILES string of the molecule is c1coc(CCNC(=NCC2CCOC2)NC2CCc3ncnn3C2)c1. The molecule has 2 N–H and O–H groups in total. The van der Waals surface area contributed by atoms with Crippen LogP contribution in [0.2, 0.25) is 0 Å². The van der Waals surface area contributed by atoms with E-state index in [0.717, 1.165) is 76.1 Å². The van der Waals surface area contributed by atoms with Crippen molar-refractivity contribution in [2.24, 2.45) is 10.9 Å². The first-order chi connectivity index (χ1) is 12.9. The molecule has 0 aromatic carbocycles. The van der Waals surface area contributed by atoms with Crippen LogP contribution in [0.3, 0.4) is 0 Å². The number of aryl methyl sites for hydroxylation is 1. The summed E-state index contributed by atoms with van der Waals surface area (Å²) in [4.78, 5) is 9.09. The lowest BCUT2D eigenvalue weighted by atomic mass is 10.1. The van der Waals surface area contributed by atoms with Crippen LogP contribution < -0.4 is 10.6 Å². The van der Waals surface area contributed by atoms with Gasteiger partial charge in [-0.05, 0) is 25.0 Å². The van der Waals surface area contributed by atoms with Gasteiger partial charge in [0.2, 0.25) is 0 Å². The van der Waals surface area contributed by atoms with Gasteiger partial charge in [0.1, 0.15) is 17.9 Å². The summed E-state index contributed by atoms with van der Waals surface area (Å²) in [6.45, 7) is 4.06. The topological polar surface area (TPSA) is 89.5 Å². The average molecular weight is 358 g/mol. The van der Waals surface area contributed by atoms with Crippen molar-refractivity contribution in [3.63, 3.8) is 0 Å². The Morgan fingerprint density at radius 2 is 2.38 bits per heavy atom. The van der Waals surface area contributed by atoms with E-state index < -0.39 is 0 Å². The molecule has 2 aliphatic rings. The number of furan rings is 1. The number of nitrogens with one attached hydrogen (secondary N) is 2. The third-order valence-corrected chi connectivity index (χ3v) is 4.92. The van der Waals surface area contributed by atoms with Crippen molar-refractivity contribution in [2.75, 3.05) is 26.3 Å². The minimum absolute atomic E-state index is 0.305. The fraction of sp³-hybridized carbons (Fsp3) is 0.611. The maximum atomic E-state index is 5.46. The fourth-order valence-electron chi connectivity index (χ4n) is 3.41. The van der Waals surface area contributed by atoms with Crippen molar-refractivity contribution < 1.29 is 9.15 Å². The monoisotopic (exact) mass is 358 g/mol. The molecule has 26 heavy (non-hydrogen) atoms. The summed E-state index contributed by atoms with van der Waals surface area (Å²) in [5.74, 6) is 3.42. The van der Waals surface area contributed by atoms with Gasteiger partial charge >= 0.3 is 0 Å². The number of rotatable bonds is 6. The van der Waals surface area contributed by atoms with Gasteiger partial charge in [-0.2, -0.15) is 5.10 Å². The highest BCUT2D eigenvalue weighted by atomic mass is 16.5. The molecule has 2 aromatic heterocycles. The van der Waals surface area contributed by atoms with Crippen molar-refractivity contribution in [1.82, 2.24) is 25.4 Å². The van der Waals surface area contributed by atoms with Crippen molar-refractivity contribution in [3.05, 3.63) is 36.3 Å². The summed E-state index contributed by atoms with van der Waals surface area (Å²) < 4.78 is 12.8. The van der Waals surface area contributed by atoms with E-state index in [4.69, 9.17) is 14.1 Å². The van der Waals surface area contributed by atoms with E-state index in [-0.39, 0.29) is 0 Å². The first-order valence-electron chi connectivity index (χ1n) is 9.38. The molecule has 0 saturated carbocycles. The van der Waals surface area contributed by atoms with Crippen LogP contribution in [0.25, 0.3) is 0 Å². The summed E-state index contributed by atoms with van der Waals surface area (Å²) in [5, 5.41) is 11.3. The van der Waals surface area contributed by atoms with Crippen LogP contribution in [0.4, 0.5) is 0 Å². The molecule has 0 radical (unpaired) electrons. The van der Waals surface area contributed by atoms with Crippen molar-refractivity contribution in [3.8, 4) is 0 Å². The highest BCUT2D eigenvalue weighted by Gasteiger charge is 2.21. The fourth-order valence-corrected chi connectivity index (χ4v) is 3.41. The average Bonchev–Trinajstić information content (AvgIpc) is 3.41. The van der Waals surface area contributed by atoms with Crippen molar-refractivity contribution in [2.45, 2.75) is 38.3 Å². The van der Waals surface area contributed by atoms with E-state index in [9.17, 15) is 0 Å². The van der Waals surface area contributed by atoms with Crippen molar-refractivity contribution in [1.29, 1.82) is 0 Å². The normalized spacial score (nSPS) is 23.0. The standard InChI is InChI=1S/C18H26N6O2/c1-2-16(26-8-1)5-7-19-18(20-10-14-6-9-25-12-14)23-15-3-4-17-21-13-22-24(17)11-15/h1-2,8,13-15H,3-7,9-12H2,(H2,19,20,23). The first kappa shape index (κ1) is 17.1. The van der Waals surface area contributed by atoms with Gasteiger partial charge in [0, 0.05) is 44.5 Å². The summed E-state index contributed by atoms with van der Waals surface area (Å²) in [5.41, 5.74) is 0. The van der Waals surface area contributed by atoms with Crippen LogP contribution in [-0.2, 0) is 24.1 Å². The van der Waals surface area contributed by atoms with Gasteiger partial charge in [0.25, 0.3) is 0 Å². The maximum Gasteiger partial charge on any atom is 0.191 e. The minimum atomic E-state index is 0.305. The number of aromatic nitrogens is 3. The van der Waals surface area contributed by atoms with Crippen LogP contribution >= 0.6 is 0 Å². The van der Waals surface area contributed by atoms with E-state index in [1.807, 2.05) is 16.8 Å². The molecule has 8 nitrogen and oxygen atoms in total. The van der Waals surface area contributed by atoms with Gasteiger partial charge in [0.15, 0.2) is 5.96 Å². The molecule has 1 saturated heterocycles. The Balaban J connectivity index is 1.34. The summed E-state index contributed by atoms with van der Waals surface area (Å²) >= 11 is 0. The second kappa shape index (κ2) is 8.35. The molecule has 4 rings (SSSR count). The second-order valence-electron chi connectivity index (χ2n) is 6.91. The molecule has 0 amide bonds. The summed E-state index contributed by atoms with van der Waals surface area (Å²) in [7, 11) is 0. The number of hydrogen-bond acceptors (Lipinski definition) is 5. The quantitative estimate of drug-likeness (QED) is 0.592. The van der Waals surface area contributed by atoms with Gasteiger partial charge < -0.3 is 19.8 Å². The third-order valence-electron chi connectivity index (χ3n) is 4.92. The molecule has 1 fully saturated rings. The lowest BCUT2D eigenvalue weighted by Gasteiger charge is -2.25. The molecule has 2 unspecified atom stereocenters. The highest BCUT2D eigenvalue weighted by Crippen LogP contribution is 2.13. The molecule has 2 aromatic rings. The number of hydrogen-bond donors (Lipinski definition) is 2. The van der Waals surface area contributed by atoms with Crippen LogP contribution in [0.15, 0.2) is 34.1 Å². The lowest BCUT2D eigenvalue weighted by Crippen LogP contribution is -2.47. The van der Waals surface area contributed by atoms with Crippen LogP contribution in [0.5, 0.6) is 0 Å². The van der Waals surface area contributed by atoms with E-state index in [2.05, 4.69) is 20.7 Å². The molecule has 4 heterocycles.